The molecule has 0 aromatic heterocycles. The quantitative estimate of drug-likeness (QED) is 0.156. The minimum atomic E-state index is -0.659. The summed E-state index contributed by atoms with van der Waals surface area (Å²) in [5, 5.41) is 16.8. The van der Waals surface area contributed by atoms with E-state index in [4.69, 9.17) is 10.2 Å². The van der Waals surface area contributed by atoms with E-state index in [-0.39, 0.29) is 29.6 Å². The Labute approximate surface area is 202 Å². The largest absolute Gasteiger partial charge is 0.481 e. The van der Waals surface area contributed by atoms with Gasteiger partial charge in [0.1, 0.15) is 0 Å². The Morgan fingerprint density at radius 1 is 0.448 bits per heavy atom. The molecule has 0 aliphatic heterocycles. The van der Waals surface area contributed by atoms with E-state index in [0.717, 1.165) is 25.7 Å². The normalized spacial score (nSPS) is 10.0. The molecular weight excluding hydrogens is 375 g/mol. The van der Waals surface area contributed by atoms with Crippen LogP contribution in [0.2, 0.25) is 0 Å². The van der Waals surface area contributed by atoms with Crippen molar-refractivity contribution < 1.29 is 19.8 Å². The van der Waals surface area contributed by atoms with Gasteiger partial charge in [-0.3, -0.25) is 9.59 Å². The van der Waals surface area contributed by atoms with E-state index in [9.17, 15) is 9.59 Å². The molecule has 29 heavy (non-hydrogen) atoms. The number of carbonyl (C=O) groups is 2. The van der Waals surface area contributed by atoms with Crippen molar-refractivity contribution in [1.82, 2.24) is 0 Å². The number of hydrogen-bond acceptors (Lipinski definition) is 2. The molecule has 0 aromatic rings. The van der Waals surface area contributed by atoms with Gasteiger partial charge < -0.3 is 10.2 Å². The molecule has 0 aliphatic rings. The number of rotatable bonds is 20. The van der Waals surface area contributed by atoms with Crippen molar-refractivity contribution in [3.63, 3.8) is 0 Å². The third-order valence-corrected chi connectivity index (χ3v) is 4.99. The van der Waals surface area contributed by atoms with Crippen molar-refractivity contribution in [2.45, 2.75) is 142 Å². The molecule has 0 saturated carbocycles. The van der Waals surface area contributed by atoms with Gasteiger partial charge in [0.15, 0.2) is 0 Å². The van der Waals surface area contributed by atoms with Crippen LogP contribution in [-0.2, 0) is 9.59 Å². The van der Waals surface area contributed by atoms with Crippen LogP contribution >= 0.6 is 0 Å². The molecule has 0 aromatic carbocycles. The maximum absolute atomic E-state index is 10.2. The summed E-state index contributed by atoms with van der Waals surface area (Å²) in [4.78, 5) is 20.4. The summed E-state index contributed by atoms with van der Waals surface area (Å²) in [5.41, 5.74) is 0. The van der Waals surface area contributed by atoms with Crippen LogP contribution < -0.4 is 0 Å². The third kappa shape index (κ3) is 39.1. The van der Waals surface area contributed by atoms with E-state index in [1.54, 1.807) is 0 Å². The van der Waals surface area contributed by atoms with Gasteiger partial charge in [-0.2, -0.15) is 0 Å². The first-order valence-electron chi connectivity index (χ1n) is 12.0. The van der Waals surface area contributed by atoms with Gasteiger partial charge in [0.2, 0.25) is 0 Å². The van der Waals surface area contributed by atoms with Gasteiger partial charge in [-0.1, -0.05) is 117 Å². The minimum absolute atomic E-state index is 0. The summed E-state index contributed by atoms with van der Waals surface area (Å²) < 4.78 is 0. The first-order chi connectivity index (χ1) is 13.5. The number of carboxylic acid groups (broad SMARTS) is 2. The Hall–Kier alpha value is -0.0600. The monoisotopic (exact) mass is 423 g/mol. The summed E-state index contributed by atoms with van der Waals surface area (Å²) >= 11 is 0. The molecule has 0 unspecified atom stereocenters. The van der Waals surface area contributed by atoms with E-state index < -0.39 is 11.9 Å². The minimum Gasteiger partial charge on any atom is -0.481 e. The number of aliphatic carboxylic acids is 2. The zero-order chi connectivity index (χ0) is 21.3. The van der Waals surface area contributed by atoms with Gasteiger partial charge in [0.25, 0.3) is 0 Å². The maximum atomic E-state index is 10.2. The van der Waals surface area contributed by atoms with Gasteiger partial charge in [0.05, 0.1) is 0 Å². The topological polar surface area (TPSA) is 74.6 Å². The van der Waals surface area contributed by atoms with Crippen LogP contribution in [0, 0.1) is 0 Å². The van der Waals surface area contributed by atoms with E-state index in [0.29, 0.717) is 12.8 Å². The molecule has 2 N–H and O–H groups in total. The molecule has 0 amide bonds. The molecule has 0 atom stereocenters. The molecule has 0 rings (SSSR count). The van der Waals surface area contributed by atoms with Crippen LogP contribution in [0.5, 0.6) is 0 Å². The van der Waals surface area contributed by atoms with Crippen LogP contribution in [-0.4, -0.2) is 51.7 Å². The molecule has 0 spiro atoms. The second-order valence-electron chi connectivity index (χ2n) is 7.94. The van der Waals surface area contributed by atoms with E-state index in [1.807, 2.05) is 0 Å². The van der Waals surface area contributed by atoms with E-state index in [1.165, 1.54) is 89.9 Å². The zero-order valence-electron chi connectivity index (χ0n) is 19.9. The summed E-state index contributed by atoms with van der Waals surface area (Å²) in [6, 6.07) is 0. The van der Waals surface area contributed by atoms with Crippen LogP contribution in [0.15, 0.2) is 0 Å². The fraction of sp³-hybridized carbons (Fsp3) is 0.917. The van der Waals surface area contributed by atoms with Crippen molar-refractivity contribution in [3.05, 3.63) is 0 Å². The molecule has 0 bridgehead atoms. The van der Waals surface area contributed by atoms with Crippen LogP contribution in [0.3, 0.4) is 0 Å². The summed E-state index contributed by atoms with van der Waals surface area (Å²) in [5.74, 6) is -1.32. The number of carboxylic acids is 2. The van der Waals surface area contributed by atoms with Gasteiger partial charge in [0, 0.05) is 42.4 Å². The molecule has 0 saturated heterocycles. The van der Waals surface area contributed by atoms with Crippen molar-refractivity contribution in [1.29, 1.82) is 0 Å². The van der Waals surface area contributed by atoms with Gasteiger partial charge >= 0.3 is 11.9 Å². The molecule has 5 heteroatoms. The van der Waals surface area contributed by atoms with Crippen LogP contribution in [0.1, 0.15) is 142 Å². The van der Waals surface area contributed by atoms with Gasteiger partial charge in [-0.05, 0) is 12.8 Å². The van der Waals surface area contributed by atoms with E-state index in [2.05, 4.69) is 13.8 Å². The second-order valence-corrected chi connectivity index (χ2v) is 7.94. The molecule has 0 fully saturated rings. The fourth-order valence-corrected chi connectivity index (χ4v) is 3.17. The summed E-state index contributed by atoms with van der Waals surface area (Å²) in [6.07, 6.45) is 23.0. The van der Waals surface area contributed by atoms with Crippen molar-refractivity contribution in [2.24, 2.45) is 0 Å². The van der Waals surface area contributed by atoms with Crippen LogP contribution in [0.4, 0.5) is 0 Å². The maximum Gasteiger partial charge on any atom is 0.303 e. The van der Waals surface area contributed by atoms with Gasteiger partial charge in [-0.25, -0.2) is 0 Å². The predicted molar refractivity (Wildman–Crippen MR) is 125 cm³/mol. The first-order valence-corrected chi connectivity index (χ1v) is 12.0. The average molecular weight is 424 g/mol. The van der Waals surface area contributed by atoms with E-state index >= 15 is 0 Å². The molecule has 4 nitrogen and oxygen atoms in total. The number of unbranched alkanes of at least 4 members (excludes halogenated alkanes) is 16. The fourth-order valence-electron chi connectivity index (χ4n) is 3.17. The summed E-state index contributed by atoms with van der Waals surface area (Å²) in [6.45, 7) is 4.46. The first kappa shape index (κ1) is 33.6. The Bertz CT molecular complexity index is 303. The summed E-state index contributed by atoms with van der Waals surface area (Å²) in [7, 11) is 0. The molecular formula is C24H48NaO4. The molecule has 169 valence electrons. The Kier molecular flexibility index (Phi) is 34.9. The van der Waals surface area contributed by atoms with Crippen molar-refractivity contribution in [2.75, 3.05) is 0 Å². The Morgan fingerprint density at radius 2 is 0.655 bits per heavy atom. The SMILES string of the molecule is CCCCCCCCCCCC(=O)O.CCCCCCCCCCCC(=O)O.[Na]. The standard InChI is InChI=1S/2C12H24O2.Na/c2*1-2-3-4-5-6-7-8-9-10-11-12(13)14;/h2*2-11H2,1H3,(H,13,14);. The molecule has 0 aliphatic carbocycles. The zero-order valence-corrected chi connectivity index (χ0v) is 21.9. The smallest absolute Gasteiger partial charge is 0.303 e. The van der Waals surface area contributed by atoms with Crippen LogP contribution in [0.25, 0.3) is 0 Å². The number of hydrogen-bond donors (Lipinski definition) is 2. The van der Waals surface area contributed by atoms with Crippen molar-refractivity contribution >= 4 is 41.5 Å². The van der Waals surface area contributed by atoms with Crippen molar-refractivity contribution in [3.8, 4) is 0 Å². The van der Waals surface area contributed by atoms with Gasteiger partial charge in [-0.15, -0.1) is 0 Å². The Morgan fingerprint density at radius 3 is 0.862 bits per heavy atom. The molecule has 0 heterocycles. The third-order valence-electron chi connectivity index (χ3n) is 4.99. The molecule has 1 radical (unpaired) electrons. The second kappa shape index (κ2) is 30.1. The Balaban J connectivity index is -0.000000451. The average Bonchev–Trinajstić information content (AvgIpc) is 2.65. The predicted octanol–water partition coefficient (Wildman–Crippen LogP) is 7.60.